The molecule has 9 nitrogen and oxygen atoms in total. The fourth-order valence-corrected chi connectivity index (χ4v) is 7.67. The van der Waals surface area contributed by atoms with E-state index in [4.69, 9.17) is 27.6 Å². The quantitative estimate of drug-likeness (QED) is 0.108. The number of allylic oxidation sites excluding steroid dienone is 2. The Morgan fingerprint density at radius 3 is 2.44 bits per heavy atom. The first kappa shape index (κ1) is 42.1. The van der Waals surface area contributed by atoms with Crippen LogP contribution in [0.15, 0.2) is 78.7 Å². The smallest absolute Gasteiger partial charge is 0.192 e. The summed E-state index contributed by atoms with van der Waals surface area (Å²) in [4.78, 5) is 7.00. The van der Waals surface area contributed by atoms with Crippen LogP contribution in [0, 0.1) is 17.1 Å². The number of nitriles is 1. The summed E-state index contributed by atoms with van der Waals surface area (Å²) in [5.41, 5.74) is 5.07. The molecule has 2 N–H and O–H groups in total. The zero-order valence-electron chi connectivity index (χ0n) is 33.4. The highest BCUT2D eigenvalue weighted by Gasteiger charge is 2.37. The number of anilines is 3. The lowest BCUT2D eigenvalue weighted by Crippen LogP contribution is -2.46. The summed E-state index contributed by atoms with van der Waals surface area (Å²) in [6.07, 6.45) is 11.4. The molecule has 13 heteroatoms. The summed E-state index contributed by atoms with van der Waals surface area (Å²) in [7, 11) is -1.89. The molecule has 0 amide bonds. The number of aromatic nitrogens is 4. The second-order valence-electron chi connectivity index (χ2n) is 16.9. The Labute approximate surface area is 336 Å². The number of rotatable bonds is 12. The third-order valence-electron chi connectivity index (χ3n) is 10.7. The molecule has 2 aromatic carbocycles. The van der Waals surface area contributed by atoms with E-state index in [1.807, 2.05) is 29.1 Å². The molecule has 1 saturated heterocycles. The van der Waals surface area contributed by atoms with Gasteiger partial charge in [-0.3, -0.25) is 9.88 Å². The Kier molecular flexibility index (Phi) is 13.0. The second kappa shape index (κ2) is 17.0. The largest absolute Gasteiger partial charge is 0.413 e. The Bertz CT molecular complexity index is 2140. The number of hydrogen-bond acceptors (Lipinski definition) is 8. The zero-order valence-corrected chi connectivity index (χ0v) is 35.9. The molecule has 0 aliphatic carbocycles. The lowest BCUT2D eigenvalue weighted by atomic mass is 9.98. The van der Waals surface area contributed by atoms with Crippen molar-refractivity contribution in [2.24, 2.45) is 0 Å². The molecule has 2 aromatic heterocycles. The average Bonchev–Trinajstić information content (AvgIpc) is 3.61. The third kappa shape index (κ3) is 10.2. The number of piperidine rings is 1. The highest BCUT2D eigenvalue weighted by molar-refractivity contribution is 6.74. The summed E-state index contributed by atoms with van der Waals surface area (Å²) in [6.45, 7) is 27.0. The molecule has 3 heterocycles. The molecule has 1 atom stereocenters. The van der Waals surface area contributed by atoms with Gasteiger partial charge >= 0.3 is 0 Å². The number of pyridine rings is 1. The van der Waals surface area contributed by atoms with Crippen molar-refractivity contribution in [3.63, 3.8) is 0 Å². The van der Waals surface area contributed by atoms with Crippen LogP contribution < -0.4 is 10.6 Å². The van der Waals surface area contributed by atoms with Crippen LogP contribution >= 0.6 is 23.2 Å². The highest BCUT2D eigenvalue weighted by Crippen LogP contribution is 2.39. The number of hydrogen-bond donors (Lipinski definition) is 2. The van der Waals surface area contributed by atoms with Gasteiger partial charge in [0.05, 0.1) is 51.7 Å². The normalized spacial score (nSPS) is 15.7. The van der Waals surface area contributed by atoms with Crippen LogP contribution in [0.3, 0.4) is 0 Å². The maximum absolute atomic E-state index is 14.0. The topological polar surface area (TPSA) is 104 Å². The minimum absolute atomic E-state index is 0.0439. The second-order valence-corrected chi connectivity index (χ2v) is 22.5. The summed E-state index contributed by atoms with van der Waals surface area (Å²) in [6, 6.07) is 9.91. The third-order valence-corrected chi connectivity index (χ3v) is 15.7. The van der Waals surface area contributed by atoms with Crippen molar-refractivity contribution in [2.75, 3.05) is 30.3 Å². The number of halogens is 3. The van der Waals surface area contributed by atoms with E-state index in [0.717, 1.165) is 37.1 Å². The molecule has 4 aromatic rings. The fourth-order valence-electron chi connectivity index (χ4n) is 6.20. The van der Waals surface area contributed by atoms with Gasteiger partial charge in [-0.1, -0.05) is 74.0 Å². The van der Waals surface area contributed by atoms with E-state index in [9.17, 15) is 9.65 Å². The average molecular weight is 804 g/mol. The van der Waals surface area contributed by atoms with Crippen LogP contribution in [-0.2, 0) is 4.43 Å². The van der Waals surface area contributed by atoms with Gasteiger partial charge in [0.2, 0.25) is 0 Å². The lowest BCUT2D eigenvalue weighted by Gasteiger charge is -2.40. The van der Waals surface area contributed by atoms with Crippen LogP contribution in [0.2, 0.25) is 28.2 Å². The van der Waals surface area contributed by atoms with Gasteiger partial charge < -0.3 is 15.1 Å². The standard InChI is InChI=1S/C42H53Cl2FN8OSi/c1-27(26-54-55(9,10)42(6,7)8)12-11-13-28(2)38(37-25-53(51-50-37)32-16-18-52(19-17-32)41(3,4)5)49-31-20-33-39(48-30-14-15-36(45)34(43)21-30)29(23-46)24-47-40(33)35(44)22-31/h11-15,20-22,24-25,32,38,49H,2,16-19,26H2,1,3-10H3,(H,47,48)/b13-11-,27-12+/t38-/m0/s1. The maximum atomic E-state index is 14.0. The van der Waals surface area contributed by atoms with Gasteiger partial charge in [0.15, 0.2) is 8.32 Å². The highest BCUT2D eigenvalue weighted by atomic mass is 35.5. The van der Waals surface area contributed by atoms with Gasteiger partial charge in [0.1, 0.15) is 17.6 Å². The van der Waals surface area contributed by atoms with Gasteiger partial charge in [-0.05, 0) is 100 Å². The van der Waals surface area contributed by atoms with E-state index in [1.54, 1.807) is 12.1 Å². The van der Waals surface area contributed by atoms with E-state index in [0.29, 0.717) is 45.3 Å². The van der Waals surface area contributed by atoms with Crippen molar-refractivity contribution in [3.05, 3.63) is 106 Å². The molecule has 0 unspecified atom stereocenters. The summed E-state index contributed by atoms with van der Waals surface area (Å²) < 4.78 is 22.4. The van der Waals surface area contributed by atoms with Gasteiger partial charge in [-0.15, -0.1) is 5.10 Å². The fraction of sp³-hybridized carbons (Fsp3) is 0.429. The molecule has 0 spiro atoms. The van der Waals surface area contributed by atoms with Crippen molar-refractivity contribution in [3.8, 4) is 6.07 Å². The molecule has 1 aliphatic rings. The van der Waals surface area contributed by atoms with Crippen molar-refractivity contribution in [1.82, 2.24) is 24.9 Å². The van der Waals surface area contributed by atoms with Crippen LogP contribution in [0.4, 0.5) is 21.5 Å². The molecule has 292 valence electrons. The molecule has 0 saturated carbocycles. The van der Waals surface area contributed by atoms with Crippen LogP contribution in [0.1, 0.15) is 84.6 Å². The van der Waals surface area contributed by atoms with E-state index in [2.05, 4.69) is 111 Å². The predicted octanol–water partition coefficient (Wildman–Crippen LogP) is 11.6. The molecule has 1 aliphatic heterocycles. The molecule has 55 heavy (non-hydrogen) atoms. The van der Waals surface area contributed by atoms with Crippen molar-refractivity contribution in [2.45, 2.75) is 97.1 Å². The van der Waals surface area contributed by atoms with Crippen molar-refractivity contribution in [1.29, 1.82) is 5.26 Å². The number of nitrogens with zero attached hydrogens (tertiary/aromatic N) is 6. The molecule has 0 bridgehead atoms. The summed E-state index contributed by atoms with van der Waals surface area (Å²) >= 11 is 13.0. The zero-order chi connectivity index (χ0) is 40.3. The SMILES string of the molecule is C=C(/C=C\C=C(/C)CO[Si](C)(C)C(C)(C)C)[C@H](Nc1cc(Cl)c2ncc(C#N)c(Nc3ccc(F)c(Cl)c3)c2c1)c1cn(C2CCN(C(C)(C)C)CC2)nn1. The number of benzene rings is 2. The Balaban J connectivity index is 1.48. The van der Waals surface area contributed by atoms with E-state index >= 15 is 0 Å². The minimum Gasteiger partial charge on any atom is -0.413 e. The van der Waals surface area contributed by atoms with Crippen LogP contribution in [-0.4, -0.2) is 58.4 Å². The summed E-state index contributed by atoms with van der Waals surface area (Å²) in [5.74, 6) is -0.542. The first-order valence-electron chi connectivity index (χ1n) is 18.6. The number of likely N-dealkylation sites (tertiary alicyclic amines) is 1. The molecule has 1 fully saturated rings. The number of nitrogens with one attached hydrogen (secondary N) is 2. The minimum atomic E-state index is -1.89. The van der Waals surface area contributed by atoms with Crippen LogP contribution in [0.5, 0.6) is 0 Å². The predicted molar refractivity (Wildman–Crippen MR) is 227 cm³/mol. The monoisotopic (exact) mass is 802 g/mol. The molecular weight excluding hydrogens is 751 g/mol. The van der Waals surface area contributed by atoms with Gasteiger partial charge in [0, 0.05) is 41.6 Å². The summed E-state index contributed by atoms with van der Waals surface area (Å²) in [5, 5.41) is 27.2. The number of fused-ring (bicyclic) bond motifs is 1. The van der Waals surface area contributed by atoms with E-state index < -0.39 is 20.2 Å². The lowest BCUT2D eigenvalue weighted by molar-refractivity contribution is 0.0866. The Morgan fingerprint density at radius 1 is 1.11 bits per heavy atom. The molecular formula is C42H53Cl2FN8OSi. The first-order valence-corrected chi connectivity index (χ1v) is 22.3. The molecule has 0 radical (unpaired) electrons. The Morgan fingerprint density at radius 2 is 1.80 bits per heavy atom. The molecule has 5 rings (SSSR count). The van der Waals surface area contributed by atoms with Gasteiger partial charge in [0.25, 0.3) is 0 Å². The van der Waals surface area contributed by atoms with Crippen LogP contribution in [0.25, 0.3) is 10.9 Å². The Hall–Kier alpha value is -4.05. The van der Waals surface area contributed by atoms with E-state index in [-0.39, 0.29) is 27.2 Å². The first-order chi connectivity index (χ1) is 25.8. The maximum Gasteiger partial charge on any atom is 0.192 e. The van der Waals surface area contributed by atoms with E-state index in [1.165, 1.54) is 18.3 Å². The van der Waals surface area contributed by atoms with Crippen molar-refractivity contribution >= 4 is 59.5 Å². The van der Waals surface area contributed by atoms with Gasteiger partial charge in [-0.25, -0.2) is 9.07 Å². The van der Waals surface area contributed by atoms with Crippen molar-refractivity contribution < 1.29 is 8.82 Å². The van der Waals surface area contributed by atoms with Gasteiger partial charge in [-0.2, -0.15) is 5.26 Å².